The normalized spacial score (nSPS) is 17.8. The maximum absolute atomic E-state index is 13.7. The van der Waals surface area contributed by atoms with Crippen molar-refractivity contribution in [1.82, 2.24) is 9.80 Å². The number of likely N-dealkylation sites (N-methyl/N-ethyl adjacent to an activating group) is 1. The van der Waals surface area contributed by atoms with Crippen molar-refractivity contribution in [3.8, 4) is 0 Å². The van der Waals surface area contributed by atoms with Crippen LogP contribution in [0.3, 0.4) is 0 Å². The largest absolute Gasteiger partial charge is 0.368 e. The SMILES string of the molecule is CN1CCN(C2=Cc3ccc(F)cc3Sc3ccc(Cl)cc32)CC1. The van der Waals surface area contributed by atoms with Crippen molar-refractivity contribution >= 4 is 35.1 Å². The summed E-state index contributed by atoms with van der Waals surface area (Å²) >= 11 is 7.88. The van der Waals surface area contributed by atoms with E-state index in [0.717, 1.165) is 52.1 Å². The number of rotatable bonds is 1. The molecule has 2 nitrogen and oxygen atoms in total. The molecule has 2 aliphatic heterocycles. The predicted molar refractivity (Wildman–Crippen MR) is 98.9 cm³/mol. The molecule has 0 spiro atoms. The maximum Gasteiger partial charge on any atom is 0.124 e. The highest BCUT2D eigenvalue weighted by Gasteiger charge is 2.23. The average Bonchev–Trinajstić information content (AvgIpc) is 2.72. The molecule has 1 saturated heterocycles. The first-order chi connectivity index (χ1) is 11.6. The summed E-state index contributed by atoms with van der Waals surface area (Å²) in [6.07, 6.45) is 2.18. The van der Waals surface area contributed by atoms with E-state index in [4.69, 9.17) is 11.6 Å². The number of nitrogens with zero attached hydrogens (tertiary/aromatic N) is 2. The van der Waals surface area contributed by atoms with Crippen LogP contribution in [0.1, 0.15) is 11.1 Å². The Kier molecular flexibility index (Phi) is 4.29. The predicted octanol–water partition coefficient (Wildman–Crippen LogP) is 4.69. The minimum atomic E-state index is -0.201. The van der Waals surface area contributed by atoms with Crippen LogP contribution in [0.15, 0.2) is 46.2 Å². The molecule has 0 bridgehead atoms. The van der Waals surface area contributed by atoms with Gasteiger partial charge in [-0.25, -0.2) is 4.39 Å². The van der Waals surface area contributed by atoms with E-state index in [1.165, 1.54) is 11.8 Å². The zero-order valence-corrected chi connectivity index (χ0v) is 15.0. The zero-order valence-electron chi connectivity index (χ0n) is 13.4. The summed E-state index contributed by atoms with van der Waals surface area (Å²) in [4.78, 5) is 6.82. The van der Waals surface area contributed by atoms with Crippen LogP contribution in [0.25, 0.3) is 11.8 Å². The van der Waals surface area contributed by atoms with Gasteiger partial charge in [0.05, 0.1) is 0 Å². The first kappa shape index (κ1) is 16.0. The lowest BCUT2D eigenvalue weighted by molar-refractivity contribution is 0.207. The van der Waals surface area contributed by atoms with Gasteiger partial charge in [0.2, 0.25) is 0 Å². The summed E-state index contributed by atoms with van der Waals surface area (Å²) in [5, 5.41) is 0.728. The van der Waals surface area contributed by atoms with Crippen LogP contribution in [0.5, 0.6) is 0 Å². The number of hydrogen-bond donors (Lipinski definition) is 0. The molecule has 0 aliphatic carbocycles. The minimum Gasteiger partial charge on any atom is -0.368 e. The minimum absolute atomic E-state index is 0.201. The van der Waals surface area contributed by atoms with E-state index in [9.17, 15) is 4.39 Å². The molecule has 2 heterocycles. The maximum atomic E-state index is 13.7. The number of piperazine rings is 1. The summed E-state index contributed by atoms with van der Waals surface area (Å²) < 4.78 is 13.7. The summed E-state index contributed by atoms with van der Waals surface area (Å²) in [5.41, 5.74) is 3.37. The molecule has 2 aliphatic rings. The van der Waals surface area contributed by atoms with Gasteiger partial charge in [-0.2, -0.15) is 0 Å². The van der Waals surface area contributed by atoms with Crippen molar-refractivity contribution in [3.05, 3.63) is 58.4 Å². The molecule has 0 saturated carbocycles. The zero-order chi connectivity index (χ0) is 16.7. The molecule has 2 aromatic rings. The van der Waals surface area contributed by atoms with Crippen molar-refractivity contribution in [2.24, 2.45) is 0 Å². The van der Waals surface area contributed by atoms with Crippen molar-refractivity contribution in [1.29, 1.82) is 0 Å². The monoisotopic (exact) mass is 360 g/mol. The number of hydrogen-bond acceptors (Lipinski definition) is 3. The average molecular weight is 361 g/mol. The highest BCUT2D eigenvalue weighted by Crippen LogP contribution is 2.42. The van der Waals surface area contributed by atoms with Gasteiger partial charge in [-0.1, -0.05) is 29.4 Å². The Labute approximate surface area is 150 Å². The van der Waals surface area contributed by atoms with Crippen LogP contribution in [0.4, 0.5) is 4.39 Å². The molecule has 1 fully saturated rings. The van der Waals surface area contributed by atoms with Crippen molar-refractivity contribution < 1.29 is 4.39 Å². The Morgan fingerprint density at radius 3 is 2.58 bits per heavy atom. The Hall–Kier alpha value is -1.49. The quantitative estimate of drug-likeness (QED) is 0.728. The van der Waals surface area contributed by atoms with Gasteiger partial charge >= 0.3 is 0 Å². The summed E-state index contributed by atoms with van der Waals surface area (Å²) in [6.45, 7) is 4.04. The second kappa shape index (κ2) is 6.43. The lowest BCUT2D eigenvalue weighted by atomic mass is 10.1. The number of fused-ring (bicyclic) bond motifs is 2. The third-order valence-corrected chi connectivity index (χ3v) is 5.93. The molecule has 0 aromatic heterocycles. The van der Waals surface area contributed by atoms with E-state index in [-0.39, 0.29) is 5.82 Å². The second-order valence-electron chi connectivity index (χ2n) is 6.24. The highest BCUT2D eigenvalue weighted by molar-refractivity contribution is 7.99. The number of halogens is 2. The van der Waals surface area contributed by atoms with Gasteiger partial charge in [0, 0.05) is 52.3 Å². The molecular formula is C19H18ClFN2S. The highest BCUT2D eigenvalue weighted by atomic mass is 35.5. The molecule has 24 heavy (non-hydrogen) atoms. The fraction of sp³-hybridized carbons (Fsp3) is 0.263. The van der Waals surface area contributed by atoms with Gasteiger partial charge in [-0.15, -0.1) is 0 Å². The summed E-state index contributed by atoms with van der Waals surface area (Å²) in [6, 6.07) is 11.0. The molecule has 124 valence electrons. The van der Waals surface area contributed by atoms with E-state index in [0.29, 0.717) is 0 Å². The lowest BCUT2D eigenvalue weighted by Crippen LogP contribution is -2.43. The standard InChI is InChI=1S/C19H18ClFN2S/c1-22-6-8-23(9-7-22)17-10-13-2-4-15(21)12-19(13)24-18-5-3-14(20)11-16(17)18/h2-5,10-12H,6-9H2,1H3. The van der Waals surface area contributed by atoms with Gasteiger partial charge < -0.3 is 9.80 Å². The molecule has 0 N–H and O–H groups in total. The van der Waals surface area contributed by atoms with Crippen LogP contribution in [-0.4, -0.2) is 43.0 Å². The molecule has 4 rings (SSSR count). The van der Waals surface area contributed by atoms with Crippen molar-refractivity contribution in [3.63, 3.8) is 0 Å². The van der Waals surface area contributed by atoms with Crippen LogP contribution in [0, 0.1) is 5.82 Å². The second-order valence-corrected chi connectivity index (χ2v) is 7.76. The smallest absolute Gasteiger partial charge is 0.124 e. The third kappa shape index (κ3) is 3.06. The fourth-order valence-electron chi connectivity index (χ4n) is 3.16. The van der Waals surface area contributed by atoms with E-state index < -0.39 is 0 Å². The van der Waals surface area contributed by atoms with Crippen molar-refractivity contribution in [2.75, 3.05) is 33.2 Å². The van der Waals surface area contributed by atoms with Gasteiger partial charge in [-0.3, -0.25) is 0 Å². The topological polar surface area (TPSA) is 6.48 Å². The number of benzene rings is 2. The van der Waals surface area contributed by atoms with E-state index in [1.54, 1.807) is 17.8 Å². The van der Waals surface area contributed by atoms with Crippen LogP contribution >= 0.6 is 23.4 Å². The van der Waals surface area contributed by atoms with Crippen LogP contribution in [-0.2, 0) is 0 Å². The Bertz CT molecular complexity index is 813. The third-order valence-electron chi connectivity index (χ3n) is 4.55. The van der Waals surface area contributed by atoms with Gasteiger partial charge in [0.15, 0.2) is 0 Å². The molecule has 5 heteroatoms. The van der Waals surface area contributed by atoms with E-state index >= 15 is 0 Å². The van der Waals surface area contributed by atoms with E-state index in [1.807, 2.05) is 24.3 Å². The molecule has 0 atom stereocenters. The Balaban J connectivity index is 1.85. The first-order valence-electron chi connectivity index (χ1n) is 8.03. The van der Waals surface area contributed by atoms with Gasteiger partial charge in [-0.05, 0) is 49.0 Å². The lowest BCUT2D eigenvalue weighted by Gasteiger charge is -2.36. The first-order valence-corrected chi connectivity index (χ1v) is 9.22. The molecule has 0 radical (unpaired) electrons. The molecule has 0 amide bonds. The van der Waals surface area contributed by atoms with Crippen LogP contribution in [0.2, 0.25) is 5.02 Å². The fourth-order valence-corrected chi connectivity index (χ4v) is 4.39. The van der Waals surface area contributed by atoms with Gasteiger partial charge in [0.1, 0.15) is 5.82 Å². The molecule has 0 unspecified atom stereocenters. The van der Waals surface area contributed by atoms with Crippen molar-refractivity contribution in [2.45, 2.75) is 9.79 Å². The summed E-state index contributed by atoms with van der Waals surface area (Å²) in [7, 11) is 2.15. The summed E-state index contributed by atoms with van der Waals surface area (Å²) in [5.74, 6) is -0.201. The Morgan fingerprint density at radius 2 is 1.79 bits per heavy atom. The van der Waals surface area contributed by atoms with E-state index in [2.05, 4.69) is 22.9 Å². The Morgan fingerprint density at radius 1 is 1.00 bits per heavy atom. The van der Waals surface area contributed by atoms with Gasteiger partial charge in [0.25, 0.3) is 0 Å². The molecular weight excluding hydrogens is 343 g/mol. The molecule has 2 aromatic carbocycles. The van der Waals surface area contributed by atoms with Crippen LogP contribution < -0.4 is 0 Å².